The molecule has 3 nitrogen and oxygen atoms in total. The number of aliphatic hydroxyl groups is 1. The molecule has 0 saturated carbocycles. The first-order valence-electron chi connectivity index (χ1n) is 3.64. The van der Waals surface area contributed by atoms with E-state index in [2.05, 4.69) is 32.0 Å². The number of aliphatic hydroxyl groups excluding tert-OH is 1. The first kappa shape index (κ1) is 11.5. The molecule has 0 fully saturated rings. The molecule has 0 aromatic carbocycles. The summed E-state index contributed by atoms with van der Waals surface area (Å²) in [5, 5.41) is 11.4. The van der Waals surface area contributed by atoms with Crippen molar-refractivity contribution >= 4 is 21.8 Å². The fraction of sp³-hybridized carbons (Fsp3) is 0.625. The molecule has 0 rings (SSSR count). The van der Waals surface area contributed by atoms with E-state index in [-0.39, 0.29) is 24.5 Å². The van der Waals surface area contributed by atoms with Gasteiger partial charge in [-0.3, -0.25) is 4.79 Å². The first-order valence-corrected chi connectivity index (χ1v) is 4.44. The summed E-state index contributed by atoms with van der Waals surface area (Å²) in [4.78, 5) is 13.2. The van der Waals surface area contributed by atoms with Crippen LogP contribution in [0.25, 0.3) is 0 Å². The van der Waals surface area contributed by atoms with Gasteiger partial charge in [0.15, 0.2) is 0 Å². The average Bonchev–Trinajstić information content (AvgIpc) is 2.03. The van der Waals surface area contributed by atoms with Crippen molar-refractivity contribution in [1.29, 1.82) is 0 Å². The first-order chi connectivity index (χ1) is 5.61. The van der Waals surface area contributed by atoms with Crippen LogP contribution in [-0.2, 0) is 4.79 Å². The number of amides is 1. The lowest BCUT2D eigenvalue weighted by Crippen LogP contribution is -2.37. The van der Waals surface area contributed by atoms with E-state index in [1.807, 2.05) is 13.8 Å². The molecule has 0 aliphatic heterocycles. The minimum atomic E-state index is -0.334. The van der Waals surface area contributed by atoms with Crippen LogP contribution < -0.4 is 5.32 Å². The molecular formula is C8H12BrNO2. The smallest absolute Gasteiger partial charge is 0.296 e. The van der Waals surface area contributed by atoms with E-state index >= 15 is 0 Å². The lowest BCUT2D eigenvalue weighted by atomic mass is 10.1. The van der Waals surface area contributed by atoms with Crippen molar-refractivity contribution < 1.29 is 9.90 Å². The third-order valence-corrected chi connectivity index (χ3v) is 1.86. The Morgan fingerprint density at radius 2 is 2.25 bits per heavy atom. The normalized spacial score (nSPS) is 14.0. The van der Waals surface area contributed by atoms with E-state index in [1.165, 1.54) is 0 Å². The predicted octanol–water partition coefficient (Wildman–Crippen LogP) is 0.475. The quantitative estimate of drug-likeness (QED) is 0.697. The number of nitrogens with one attached hydrogen (secondary N) is 1. The fourth-order valence-electron chi connectivity index (χ4n) is 0.586. The molecule has 2 atom stereocenters. The second-order valence-electron chi connectivity index (χ2n) is 2.64. The van der Waals surface area contributed by atoms with Crippen LogP contribution in [0.3, 0.4) is 0 Å². The van der Waals surface area contributed by atoms with Crippen LogP contribution in [0, 0.1) is 16.7 Å². The molecule has 0 aromatic heterocycles. The summed E-state index contributed by atoms with van der Waals surface area (Å²) in [5.74, 6) is 2.00. The highest BCUT2D eigenvalue weighted by Gasteiger charge is 2.11. The summed E-state index contributed by atoms with van der Waals surface area (Å²) in [6.07, 6.45) is 0. The minimum absolute atomic E-state index is 0.0473. The molecule has 4 heteroatoms. The number of halogens is 1. The summed E-state index contributed by atoms with van der Waals surface area (Å²) >= 11 is 2.82. The topological polar surface area (TPSA) is 49.3 Å². The molecule has 0 aliphatic carbocycles. The Balaban J connectivity index is 3.88. The van der Waals surface area contributed by atoms with E-state index in [4.69, 9.17) is 5.11 Å². The third kappa shape index (κ3) is 4.37. The molecule has 0 aromatic rings. The lowest BCUT2D eigenvalue weighted by Gasteiger charge is -2.17. The van der Waals surface area contributed by atoms with Crippen molar-refractivity contribution in [3.8, 4) is 10.8 Å². The van der Waals surface area contributed by atoms with Gasteiger partial charge >= 0.3 is 0 Å². The monoisotopic (exact) mass is 233 g/mol. The van der Waals surface area contributed by atoms with Gasteiger partial charge in [0.2, 0.25) is 0 Å². The molecule has 0 heterocycles. The molecule has 12 heavy (non-hydrogen) atoms. The number of carbonyl (C=O) groups is 1. The van der Waals surface area contributed by atoms with Gasteiger partial charge in [-0.05, 0) is 17.7 Å². The number of carbonyl (C=O) groups excluding carboxylic acids is 1. The zero-order valence-corrected chi connectivity index (χ0v) is 8.68. The summed E-state index contributed by atoms with van der Waals surface area (Å²) in [6, 6.07) is -0.0594. The van der Waals surface area contributed by atoms with Gasteiger partial charge in [-0.2, -0.15) is 0 Å². The third-order valence-electron chi connectivity index (χ3n) is 1.66. The highest BCUT2D eigenvalue weighted by atomic mass is 79.9. The Labute approximate surface area is 80.7 Å². The zero-order valence-electron chi connectivity index (χ0n) is 7.10. The Morgan fingerprint density at radius 3 is 2.67 bits per heavy atom. The highest BCUT2D eigenvalue weighted by Crippen LogP contribution is 1.99. The van der Waals surface area contributed by atoms with Crippen molar-refractivity contribution in [1.82, 2.24) is 5.32 Å². The Kier molecular flexibility index (Phi) is 5.77. The lowest BCUT2D eigenvalue weighted by molar-refractivity contribution is -0.116. The zero-order chi connectivity index (χ0) is 9.56. The van der Waals surface area contributed by atoms with Crippen LogP contribution in [-0.4, -0.2) is 23.7 Å². The molecule has 68 valence electrons. The van der Waals surface area contributed by atoms with E-state index in [0.717, 1.165) is 0 Å². The molecule has 1 amide bonds. The predicted molar refractivity (Wildman–Crippen MR) is 50.6 cm³/mol. The second-order valence-corrected chi connectivity index (χ2v) is 3.04. The highest BCUT2D eigenvalue weighted by molar-refractivity contribution is 9.12. The van der Waals surface area contributed by atoms with Crippen LogP contribution in [0.5, 0.6) is 0 Å². The van der Waals surface area contributed by atoms with Gasteiger partial charge in [0.25, 0.3) is 5.91 Å². The van der Waals surface area contributed by atoms with E-state index < -0.39 is 0 Å². The Hall–Kier alpha value is -0.530. The van der Waals surface area contributed by atoms with Gasteiger partial charge in [-0.1, -0.05) is 6.92 Å². The van der Waals surface area contributed by atoms with E-state index in [1.54, 1.807) is 0 Å². The Morgan fingerprint density at radius 1 is 1.67 bits per heavy atom. The van der Waals surface area contributed by atoms with Gasteiger partial charge < -0.3 is 10.4 Å². The second kappa shape index (κ2) is 6.04. The van der Waals surface area contributed by atoms with Crippen LogP contribution in [0.4, 0.5) is 0 Å². The van der Waals surface area contributed by atoms with Gasteiger partial charge in [0.05, 0.1) is 0 Å². The standard InChI is InChI=1S/C8H12BrNO2/c1-6(5-11)7(2)10-8(12)3-4-9/h6-7,11H,5H2,1-2H3,(H,10,12). The van der Waals surface area contributed by atoms with Crippen LogP contribution in [0.1, 0.15) is 13.8 Å². The molecule has 0 spiro atoms. The number of rotatable bonds is 3. The molecule has 0 aliphatic rings. The van der Waals surface area contributed by atoms with Crippen molar-refractivity contribution in [3.63, 3.8) is 0 Å². The number of hydrogen-bond donors (Lipinski definition) is 2. The molecule has 0 bridgehead atoms. The fourth-order valence-corrected chi connectivity index (χ4v) is 0.766. The van der Waals surface area contributed by atoms with Gasteiger partial charge in [0.1, 0.15) is 0 Å². The molecule has 0 radical (unpaired) electrons. The maximum Gasteiger partial charge on any atom is 0.296 e. The van der Waals surface area contributed by atoms with Crippen molar-refractivity contribution in [3.05, 3.63) is 0 Å². The van der Waals surface area contributed by atoms with Crippen LogP contribution in [0.15, 0.2) is 0 Å². The van der Waals surface area contributed by atoms with Gasteiger partial charge in [0, 0.05) is 34.5 Å². The van der Waals surface area contributed by atoms with Crippen molar-refractivity contribution in [2.75, 3.05) is 6.61 Å². The van der Waals surface area contributed by atoms with E-state index in [0.29, 0.717) is 0 Å². The van der Waals surface area contributed by atoms with Gasteiger partial charge in [-0.25, -0.2) is 0 Å². The largest absolute Gasteiger partial charge is 0.396 e. The van der Waals surface area contributed by atoms with Gasteiger partial charge in [-0.15, -0.1) is 0 Å². The van der Waals surface area contributed by atoms with Crippen molar-refractivity contribution in [2.24, 2.45) is 5.92 Å². The Bertz CT molecular complexity index is 207. The summed E-state index contributed by atoms with van der Waals surface area (Å²) < 4.78 is 0. The average molecular weight is 234 g/mol. The van der Waals surface area contributed by atoms with E-state index in [9.17, 15) is 4.79 Å². The molecule has 2 N–H and O–H groups in total. The number of hydrogen-bond acceptors (Lipinski definition) is 2. The summed E-state index contributed by atoms with van der Waals surface area (Å²) in [5.41, 5.74) is 0. The summed E-state index contributed by atoms with van der Waals surface area (Å²) in [7, 11) is 0. The molecule has 2 unspecified atom stereocenters. The molecular weight excluding hydrogens is 222 g/mol. The maximum absolute atomic E-state index is 10.9. The maximum atomic E-state index is 10.9. The SMILES string of the molecule is CC(CO)C(C)NC(=O)C#CBr. The summed E-state index contributed by atoms with van der Waals surface area (Å²) in [6.45, 7) is 3.74. The molecule has 0 saturated heterocycles. The minimum Gasteiger partial charge on any atom is -0.396 e. The van der Waals surface area contributed by atoms with Crippen LogP contribution >= 0.6 is 15.9 Å². The van der Waals surface area contributed by atoms with Crippen molar-refractivity contribution in [2.45, 2.75) is 19.9 Å². The van der Waals surface area contributed by atoms with Crippen LogP contribution in [0.2, 0.25) is 0 Å².